The van der Waals surface area contributed by atoms with Crippen LogP contribution in [0.3, 0.4) is 0 Å². The minimum Gasteiger partial charge on any atom is -0.338 e. The molecule has 8 nitrogen and oxygen atoms in total. The van der Waals surface area contributed by atoms with Gasteiger partial charge < -0.3 is 9.80 Å². The second-order valence-electron chi connectivity index (χ2n) is 8.67. The Morgan fingerprint density at radius 2 is 1.71 bits per heavy atom. The molecule has 3 heterocycles. The quantitative estimate of drug-likeness (QED) is 0.662. The molecule has 0 N–H and O–H groups in total. The van der Waals surface area contributed by atoms with Gasteiger partial charge in [0.25, 0.3) is 16.1 Å². The minimum absolute atomic E-state index is 0.0555. The van der Waals surface area contributed by atoms with Crippen LogP contribution in [-0.4, -0.2) is 90.5 Å². The zero-order chi connectivity index (χ0) is 22.0. The number of amides is 2. The summed E-state index contributed by atoms with van der Waals surface area (Å²) in [6.07, 6.45) is 6.66. The number of hydrogen-bond acceptors (Lipinski definition) is 5. The molecule has 0 bridgehead atoms. The molecular formula is C21H32N4O4S2. The summed E-state index contributed by atoms with van der Waals surface area (Å²) in [6, 6.07) is 3.27. The second-order valence-corrected chi connectivity index (χ2v) is 11.6. The third kappa shape index (κ3) is 4.67. The van der Waals surface area contributed by atoms with Crippen molar-refractivity contribution in [2.24, 2.45) is 0 Å². The maximum atomic E-state index is 13.2. The van der Waals surface area contributed by atoms with Crippen molar-refractivity contribution < 1.29 is 18.0 Å². The van der Waals surface area contributed by atoms with Crippen molar-refractivity contribution in [3.63, 3.8) is 0 Å². The van der Waals surface area contributed by atoms with Gasteiger partial charge in [-0.05, 0) is 37.1 Å². The van der Waals surface area contributed by atoms with Crippen molar-refractivity contribution in [3.8, 4) is 0 Å². The van der Waals surface area contributed by atoms with Gasteiger partial charge in [-0.1, -0.05) is 25.3 Å². The first-order valence-electron chi connectivity index (χ1n) is 11.3. The third-order valence-electron chi connectivity index (χ3n) is 6.86. The summed E-state index contributed by atoms with van der Waals surface area (Å²) in [7, 11) is -1.83. The van der Waals surface area contributed by atoms with E-state index in [0.717, 1.165) is 32.1 Å². The molecule has 1 atom stereocenters. The van der Waals surface area contributed by atoms with Crippen LogP contribution in [0.4, 0.5) is 0 Å². The molecule has 2 amide bonds. The van der Waals surface area contributed by atoms with Crippen LogP contribution in [0, 0.1) is 0 Å². The van der Waals surface area contributed by atoms with Crippen molar-refractivity contribution in [1.82, 2.24) is 18.4 Å². The van der Waals surface area contributed by atoms with Crippen LogP contribution in [0.5, 0.6) is 0 Å². The molecule has 0 unspecified atom stereocenters. The predicted octanol–water partition coefficient (Wildman–Crippen LogP) is 2.01. The van der Waals surface area contributed by atoms with Crippen LogP contribution in [-0.2, 0) is 15.0 Å². The molecule has 1 aromatic rings. The molecule has 2 aliphatic heterocycles. The van der Waals surface area contributed by atoms with E-state index in [1.165, 1.54) is 22.1 Å². The molecule has 31 heavy (non-hydrogen) atoms. The Kier molecular flexibility index (Phi) is 7.00. The van der Waals surface area contributed by atoms with Gasteiger partial charge in [0.2, 0.25) is 5.91 Å². The Hall–Kier alpha value is -1.49. The van der Waals surface area contributed by atoms with Gasteiger partial charge in [0.1, 0.15) is 6.04 Å². The van der Waals surface area contributed by atoms with Gasteiger partial charge in [-0.15, -0.1) is 11.3 Å². The van der Waals surface area contributed by atoms with E-state index in [4.69, 9.17) is 0 Å². The summed E-state index contributed by atoms with van der Waals surface area (Å²) < 4.78 is 29.2. The Morgan fingerprint density at radius 3 is 2.35 bits per heavy atom. The molecule has 1 aromatic heterocycles. The highest BCUT2D eigenvalue weighted by molar-refractivity contribution is 7.86. The van der Waals surface area contributed by atoms with Crippen LogP contribution in [0.25, 0.3) is 0 Å². The SMILES string of the molecule is CN(C1CCCCC1)S(=O)(=O)N1CCN(C(=O)[C@@H]2CCCN2C(=O)c2cccs2)CC1. The fraction of sp³-hybridized carbons (Fsp3) is 0.714. The van der Waals surface area contributed by atoms with Crippen molar-refractivity contribution >= 4 is 33.4 Å². The number of carbonyl (C=O) groups excluding carboxylic acids is 2. The van der Waals surface area contributed by atoms with E-state index in [9.17, 15) is 18.0 Å². The van der Waals surface area contributed by atoms with Gasteiger partial charge in [-0.3, -0.25) is 9.59 Å². The van der Waals surface area contributed by atoms with Crippen molar-refractivity contribution in [1.29, 1.82) is 0 Å². The number of nitrogens with zero attached hydrogens (tertiary/aromatic N) is 4. The molecule has 172 valence electrons. The summed E-state index contributed by atoms with van der Waals surface area (Å²) in [5.41, 5.74) is 0. The van der Waals surface area contributed by atoms with E-state index in [-0.39, 0.29) is 17.9 Å². The highest BCUT2D eigenvalue weighted by Crippen LogP contribution is 2.27. The summed E-state index contributed by atoms with van der Waals surface area (Å²) >= 11 is 1.39. The number of rotatable bonds is 5. The smallest absolute Gasteiger partial charge is 0.282 e. The predicted molar refractivity (Wildman–Crippen MR) is 120 cm³/mol. The number of likely N-dealkylation sites (tertiary alicyclic amines) is 1. The van der Waals surface area contributed by atoms with Crippen LogP contribution in [0.2, 0.25) is 0 Å². The van der Waals surface area contributed by atoms with Gasteiger partial charge in [-0.2, -0.15) is 17.0 Å². The zero-order valence-electron chi connectivity index (χ0n) is 18.1. The molecule has 3 fully saturated rings. The summed E-state index contributed by atoms with van der Waals surface area (Å²) in [6.45, 7) is 1.93. The highest BCUT2D eigenvalue weighted by Gasteiger charge is 2.40. The lowest BCUT2D eigenvalue weighted by molar-refractivity contribution is -0.136. The molecule has 3 aliphatic rings. The van der Waals surface area contributed by atoms with Crippen LogP contribution >= 0.6 is 11.3 Å². The average molecular weight is 469 g/mol. The molecular weight excluding hydrogens is 436 g/mol. The zero-order valence-corrected chi connectivity index (χ0v) is 19.7. The minimum atomic E-state index is -3.52. The van der Waals surface area contributed by atoms with Gasteiger partial charge in [0.05, 0.1) is 4.88 Å². The summed E-state index contributed by atoms with van der Waals surface area (Å²) in [5, 5.41) is 1.87. The van der Waals surface area contributed by atoms with Crippen molar-refractivity contribution in [3.05, 3.63) is 22.4 Å². The van der Waals surface area contributed by atoms with Crippen LogP contribution < -0.4 is 0 Å². The van der Waals surface area contributed by atoms with Crippen molar-refractivity contribution in [2.45, 2.75) is 57.0 Å². The van der Waals surface area contributed by atoms with E-state index in [1.54, 1.807) is 27.2 Å². The number of hydrogen-bond donors (Lipinski definition) is 0. The first-order chi connectivity index (χ1) is 14.9. The summed E-state index contributed by atoms with van der Waals surface area (Å²) in [4.78, 5) is 30.0. The first kappa shape index (κ1) is 22.7. The topological polar surface area (TPSA) is 81.2 Å². The number of piperazine rings is 1. The van der Waals surface area contributed by atoms with Crippen LogP contribution in [0.15, 0.2) is 17.5 Å². The largest absolute Gasteiger partial charge is 0.338 e. The number of thiophene rings is 1. The molecule has 0 spiro atoms. The van der Waals surface area contributed by atoms with Gasteiger partial charge in [0.15, 0.2) is 0 Å². The molecule has 10 heteroatoms. The van der Waals surface area contributed by atoms with Crippen LogP contribution in [0.1, 0.15) is 54.6 Å². The maximum absolute atomic E-state index is 13.2. The Bertz CT molecular complexity index is 875. The second kappa shape index (κ2) is 9.56. The normalized spacial score (nSPS) is 24.1. The molecule has 1 aliphatic carbocycles. The Balaban J connectivity index is 1.35. The van der Waals surface area contributed by atoms with Gasteiger partial charge in [-0.25, -0.2) is 0 Å². The lowest BCUT2D eigenvalue weighted by Gasteiger charge is -2.39. The highest BCUT2D eigenvalue weighted by atomic mass is 32.2. The fourth-order valence-electron chi connectivity index (χ4n) is 4.97. The van der Waals surface area contributed by atoms with E-state index in [1.807, 2.05) is 11.4 Å². The molecule has 1 saturated carbocycles. The van der Waals surface area contributed by atoms with Gasteiger partial charge in [0, 0.05) is 45.8 Å². The fourth-order valence-corrected chi connectivity index (χ4v) is 7.23. The van der Waals surface area contributed by atoms with E-state index in [2.05, 4.69) is 0 Å². The Labute approximate surface area is 189 Å². The molecule has 0 aromatic carbocycles. The molecule has 4 rings (SSSR count). The first-order valence-corrected chi connectivity index (χ1v) is 13.5. The van der Waals surface area contributed by atoms with E-state index < -0.39 is 16.3 Å². The molecule has 0 radical (unpaired) electrons. The molecule has 2 saturated heterocycles. The Morgan fingerprint density at radius 1 is 1.00 bits per heavy atom. The third-order valence-corrected chi connectivity index (χ3v) is 9.76. The lowest BCUT2D eigenvalue weighted by atomic mass is 9.96. The number of carbonyl (C=O) groups is 2. The van der Waals surface area contributed by atoms with Gasteiger partial charge >= 0.3 is 0 Å². The summed E-state index contributed by atoms with van der Waals surface area (Å²) in [5.74, 6) is -0.138. The monoisotopic (exact) mass is 468 g/mol. The standard InChI is InChI=1S/C21H32N4O4S2/c1-22(17-7-3-2-4-8-17)31(28,29)24-14-12-23(13-15-24)20(26)18-9-5-11-25(18)21(27)19-10-6-16-30-19/h6,10,16-18H,2-5,7-9,11-15H2,1H3/t18-/m0/s1. The van der Waals surface area contributed by atoms with E-state index in [0.29, 0.717) is 44.0 Å². The maximum Gasteiger partial charge on any atom is 0.282 e. The van der Waals surface area contributed by atoms with E-state index >= 15 is 0 Å². The lowest BCUT2D eigenvalue weighted by Crippen LogP contribution is -2.57. The average Bonchev–Trinajstić information content (AvgIpc) is 3.51. The van der Waals surface area contributed by atoms with Crippen molar-refractivity contribution in [2.75, 3.05) is 39.8 Å².